The van der Waals surface area contributed by atoms with E-state index in [1.807, 2.05) is 0 Å². The fourth-order valence-electron chi connectivity index (χ4n) is 3.29. The summed E-state index contributed by atoms with van der Waals surface area (Å²) in [6.07, 6.45) is -4.72. The summed E-state index contributed by atoms with van der Waals surface area (Å²) in [6, 6.07) is 8.98. The summed E-state index contributed by atoms with van der Waals surface area (Å²) in [5.41, 5.74) is 0.0174. The van der Waals surface area contributed by atoms with Crippen molar-refractivity contribution < 1.29 is 31.5 Å². The van der Waals surface area contributed by atoms with Crippen LogP contribution in [0.1, 0.15) is 31.8 Å². The maximum absolute atomic E-state index is 13.5. The van der Waals surface area contributed by atoms with Gasteiger partial charge in [-0.2, -0.15) is 27.1 Å². The van der Waals surface area contributed by atoms with E-state index in [2.05, 4.69) is 21.0 Å². The molecule has 0 unspecified atom stereocenters. The molecule has 31 heavy (non-hydrogen) atoms. The number of anilines is 1. The minimum absolute atomic E-state index is 0.184. The first-order valence-corrected chi connectivity index (χ1v) is 9.51. The van der Waals surface area contributed by atoms with E-state index in [-0.39, 0.29) is 22.5 Å². The van der Waals surface area contributed by atoms with Crippen molar-refractivity contribution in [3.63, 3.8) is 0 Å². The molecule has 0 bridgehead atoms. The van der Waals surface area contributed by atoms with E-state index in [4.69, 9.17) is 0 Å². The number of halogens is 6. The van der Waals surface area contributed by atoms with Crippen molar-refractivity contribution in [1.82, 2.24) is 9.78 Å². The van der Waals surface area contributed by atoms with Crippen LogP contribution in [-0.4, -0.2) is 27.8 Å². The van der Waals surface area contributed by atoms with Crippen LogP contribution in [0.15, 0.2) is 53.3 Å². The van der Waals surface area contributed by atoms with E-state index >= 15 is 0 Å². The van der Waals surface area contributed by atoms with Gasteiger partial charge in [0.05, 0.1) is 34.3 Å². The second-order valence-electron chi connectivity index (χ2n) is 6.82. The van der Waals surface area contributed by atoms with Crippen LogP contribution in [0.25, 0.3) is 5.69 Å². The topological polar surface area (TPSA) is 55.2 Å². The normalized spacial score (nSPS) is 14.4. The van der Waals surface area contributed by atoms with Crippen LogP contribution < -0.4 is 4.90 Å². The largest absolute Gasteiger partial charge is 0.458 e. The van der Waals surface area contributed by atoms with Crippen LogP contribution in [0.4, 0.5) is 27.6 Å². The molecule has 0 radical (unpaired) electrons. The Bertz CT molecular complexity index is 1240. The van der Waals surface area contributed by atoms with Crippen LogP contribution in [0, 0.1) is 6.92 Å². The number of aromatic nitrogens is 2. The number of aryl methyl sites for hydroxylation is 1. The zero-order valence-electron chi connectivity index (χ0n) is 15.5. The first-order valence-electron chi connectivity index (χ1n) is 8.71. The average molecular weight is 500 g/mol. The molecule has 0 fully saturated rings. The van der Waals surface area contributed by atoms with Gasteiger partial charge >= 0.3 is 12.1 Å². The fourth-order valence-corrected chi connectivity index (χ4v) is 3.82. The van der Waals surface area contributed by atoms with Crippen molar-refractivity contribution in [2.45, 2.75) is 19.0 Å². The molecule has 0 aliphatic carbocycles. The fraction of sp³-hybridized carbons (Fsp3) is 0.150. The number of carbonyl (C=O) groups excluding carboxylic acids is 2. The molecular formula is C20H11BrF5N3O2. The van der Waals surface area contributed by atoms with E-state index in [1.165, 1.54) is 24.3 Å². The number of benzene rings is 2. The lowest BCUT2D eigenvalue weighted by Crippen LogP contribution is -2.33. The SMILES string of the molecule is Cc1cc(-n2cc(C(F)(F)C(F)(F)F)cn2)ccc1N1C(=O)c2cccc(Br)c2C1=O. The predicted octanol–water partition coefficient (Wildman–Crippen LogP) is 5.40. The summed E-state index contributed by atoms with van der Waals surface area (Å²) >= 11 is 3.26. The van der Waals surface area contributed by atoms with Gasteiger partial charge in [0, 0.05) is 10.7 Å². The summed E-state index contributed by atoms with van der Waals surface area (Å²) in [5.74, 6) is -6.11. The first-order chi connectivity index (χ1) is 14.4. The van der Waals surface area contributed by atoms with Crippen molar-refractivity contribution in [3.05, 3.63) is 75.5 Å². The van der Waals surface area contributed by atoms with Gasteiger partial charge in [0.1, 0.15) is 0 Å². The third-order valence-electron chi connectivity index (χ3n) is 4.85. The number of alkyl halides is 5. The number of carbonyl (C=O) groups is 2. The molecule has 11 heteroatoms. The highest BCUT2D eigenvalue weighted by Gasteiger charge is 2.59. The summed E-state index contributed by atoms with van der Waals surface area (Å²) in [5, 5.41) is 3.59. The minimum atomic E-state index is -5.75. The molecule has 1 aliphatic heterocycles. The molecule has 2 heterocycles. The van der Waals surface area contributed by atoms with Crippen LogP contribution in [0.3, 0.4) is 0 Å². The molecule has 5 nitrogen and oxygen atoms in total. The molecule has 0 saturated carbocycles. The number of fused-ring (bicyclic) bond motifs is 1. The zero-order chi connectivity index (χ0) is 22.7. The van der Waals surface area contributed by atoms with Crippen molar-refractivity contribution in [2.24, 2.45) is 0 Å². The molecule has 1 aliphatic rings. The quantitative estimate of drug-likeness (QED) is 0.358. The Morgan fingerprint density at radius 2 is 1.71 bits per heavy atom. The number of amides is 2. The third kappa shape index (κ3) is 3.23. The number of rotatable bonds is 3. The maximum atomic E-state index is 13.5. The molecule has 4 rings (SSSR count). The lowest BCUT2D eigenvalue weighted by Gasteiger charge is -2.18. The third-order valence-corrected chi connectivity index (χ3v) is 5.51. The highest BCUT2D eigenvalue weighted by Crippen LogP contribution is 2.44. The molecule has 0 spiro atoms. The van der Waals surface area contributed by atoms with Gasteiger partial charge in [-0.15, -0.1) is 0 Å². The minimum Gasteiger partial charge on any atom is -0.268 e. The summed E-state index contributed by atoms with van der Waals surface area (Å²) in [6.45, 7) is 1.58. The molecule has 0 saturated heterocycles. The number of imide groups is 1. The van der Waals surface area contributed by atoms with Crippen LogP contribution >= 0.6 is 15.9 Å². The monoisotopic (exact) mass is 499 g/mol. The Hall–Kier alpha value is -3.08. The Morgan fingerprint density at radius 3 is 2.32 bits per heavy atom. The van der Waals surface area contributed by atoms with E-state index in [9.17, 15) is 31.5 Å². The molecule has 3 aromatic rings. The molecule has 160 valence electrons. The lowest BCUT2D eigenvalue weighted by atomic mass is 10.1. The number of hydrogen-bond acceptors (Lipinski definition) is 3. The second-order valence-corrected chi connectivity index (χ2v) is 7.68. The summed E-state index contributed by atoms with van der Waals surface area (Å²) in [7, 11) is 0. The van der Waals surface area contributed by atoms with Gasteiger partial charge < -0.3 is 0 Å². The molecular weight excluding hydrogens is 489 g/mol. The standard InChI is InChI=1S/C20H11BrF5N3O2/c1-10-7-12(28-9-11(8-27-28)19(22,23)20(24,25)26)5-6-15(10)29-17(30)13-3-2-4-14(21)16(13)18(29)31/h2-9H,1H3. The van der Waals surface area contributed by atoms with Crippen molar-refractivity contribution in [2.75, 3.05) is 4.90 Å². The second kappa shape index (κ2) is 6.98. The highest BCUT2D eigenvalue weighted by atomic mass is 79.9. The van der Waals surface area contributed by atoms with Crippen LogP contribution in [-0.2, 0) is 5.92 Å². The van der Waals surface area contributed by atoms with E-state index < -0.39 is 29.5 Å². The molecule has 0 atom stereocenters. The van der Waals surface area contributed by atoms with Gasteiger partial charge in [-0.1, -0.05) is 6.07 Å². The highest BCUT2D eigenvalue weighted by molar-refractivity contribution is 9.10. The van der Waals surface area contributed by atoms with Gasteiger partial charge in [-0.05, 0) is 58.7 Å². The van der Waals surface area contributed by atoms with E-state index in [0.717, 1.165) is 9.58 Å². The predicted molar refractivity (Wildman–Crippen MR) is 104 cm³/mol. The van der Waals surface area contributed by atoms with Crippen molar-refractivity contribution in [3.8, 4) is 5.69 Å². The molecule has 1 aromatic heterocycles. The Kier molecular flexibility index (Phi) is 4.76. The lowest BCUT2D eigenvalue weighted by molar-refractivity contribution is -0.289. The Morgan fingerprint density at radius 1 is 1.00 bits per heavy atom. The van der Waals surface area contributed by atoms with E-state index in [0.29, 0.717) is 22.4 Å². The van der Waals surface area contributed by atoms with Gasteiger partial charge in [-0.3, -0.25) is 9.59 Å². The maximum Gasteiger partial charge on any atom is 0.458 e. The van der Waals surface area contributed by atoms with Gasteiger partial charge in [-0.25, -0.2) is 9.58 Å². The van der Waals surface area contributed by atoms with Crippen LogP contribution in [0.2, 0.25) is 0 Å². The molecule has 2 amide bonds. The van der Waals surface area contributed by atoms with Gasteiger partial charge in [0.2, 0.25) is 0 Å². The van der Waals surface area contributed by atoms with Crippen LogP contribution in [0.5, 0.6) is 0 Å². The number of nitrogens with zero attached hydrogens (tertiary/aromatic N) is 3. The average Bonchev–Trinajstić information content (AvgIpc) is 3.27. The van der Waals surface area contributed by atoms with Crippen molar-refractivity contribution >= 4 is 33.4 Å². The molecule has 0 N–H and O–H groups in total. The smallest absolute Gasteiger partial charge is 0.268 e. The van der Waals surface area contributed by atoms with Gasteiger partial charge in [0.25, 0.3) is 11.8 Å². The summed E-state index contributed by atoms with van der Waals surface area (Å²) in [4.78, 5) is 26.5. The zero-order valence-corrected chi connectivity index (χ0v) is 17.1. The molecule has 2 aromatic carbocycles. The van der Waals surface area contributed by atoms with Crippen molar-refractivity contribution in [1.29, 1.82) is 0 Å². The number of hydrogen-bond donors (Lipinski definition) is 0. The summed E-state index contributed by atoms with van der Waals surface area (Å²) < 4.78 is 66.1. The van der Waals surface area contributed by atoms with Gasteiger partial charge in [0.15, 0.2) is 0 Å². The Labute approximate surface area is 180 Å². The Balaban J connectivity index is 1.69. The first kappa shape index (κ1) is 21.2. The van der Waals surface area contributed by atoms with E-state index in [1.54, 1.807) is 19.1 Å².